The van der Waals surface area contributed by atoms with E-state index >= 15 is 0 Å². The fourth-order valence-corrected chi connectivity index (χ4v) is 1.33. The van der Waals surface area contributed by atoms with Crippen LogP contribution in [-0.4, -0.2) is 18.3 Å². The molecule has 3 N–H and O–H groups in total. The van der Waals surface area contributed by atoms with Crippen molar-refractivity contribution in [3.63, 3.8) is 0 Å². The van der Waals surface area contributed by atoms with E-state index in [2.05, 4.69) is 0 Å². The van der Waals surface area contributed by atoms with Crippen LogP contribution in [0.5, 0.6) is 5.75 Å². The van der Waals surface area contributed by atoms with Crippen LogP contribution in [0.15, 0.2) is 18.2 Å². The predicted molar refractivity (Wildman–Crippen MR) is 56.4 cm³/mol. The van der Waals surface area contributed by atoms with Gasteiger partial charge in [-0.25, -0.2) is 0 Å². The molecule has 1 aromatic carbocycles. The Labute approximate surface area is 84.5 Å². The third-order valence-corrected chi connectivity index (χ3v) is 2.12. The zero-order chi connectivity index (χ0) is 10.6. The monoisotopic (exact) mass is 195 g/mol. The number of aryl methyl sites for hydroxylation is 1. The summed E-state index contributed by atoms with van der Waals surface area (Å²) in [5.41, 5.74) is 7.68. The molecule has 3 nitrogen and oxygen atoms in total. The summed E-state index contributed by atoms with van der Waals surface area (Å²) in [4.78, 5) is 0. The first kappa shape index (κ1) is 11.0. The maximum absolute atomic E-state index is 8.90. The molecule has 0 saturated carbocycles. The molecule has 1 unspecified atom stereocenters. The van der Waals surface area contributed by atoms with Gasteiger partial charge in [0.2, 0.25) is 0 Å². The van der Waals surface area contributed by atoms with E-state index in [1.165, 1.54) is 0 Å². The highest BCUT2D eigenvalue weighted by Crippen LogP contribution is 2.21. The number of aliphatic hydroxyl groups is 1. The van der Waals surface area contributed by atoms with Gasteiger partial charge in [-0.05, 0) is 31.0 Å². The predicted octanol–water partition coefficient (Wildman–Crippen LogP) is 1.39. The van der Waals surface area contributed by atoms with Crippen LogP contribution < -0.4 is 10.5 Å². The van der Waals surface area contributed by atoms with E-state index in [0.29, 0.717) is 6.61 Å². The molecule has 0 heterocycles. The van der Waals surface area contributed by atoms with Crippen molar-refractivity contribution in [3.05, 3.63) is 29.3 Å². The van der Waals surface area contributed by atoms with E-state index in [1.807, 2.05) is 32.0 Å². The standard InChI is InChI=1S/C11H17NO2/c1-3-14-11-5-4-9(6-8(11)2)10(12)7-13/h4-6,10,13H,3,7,12H2,1-2H3. The highest BCUT2D eigenvalue weighted by atomic mass is 16.5. The molecule has 0 amide bonds. The Morgan fingerprint density at radius 2 is 2.21 bits per heavy atom. The number of ether oxygens (including phenoxy) is 1. The van der Waals surface area contributed by atoms with Crippen LogP contribution in [0.25, 0.3) is 0 Å². The first-order chi connectivity index (χ1) is 6.69. The van der Waals surface area contributed by atoms with E-state index in [-0.39, 0.29) is 12.6 Å². The van der Waals surface area contributed by atoms with Crippen molar-refractivity contribution in [2.24, 2.45) is 5.73 Å². The SMILES string of the molecule is CCOc1ccc(C(N)CO)cc1C. The number of aliphatic hydroxyl groups excluding tert-OH is 1. The summed E-state index contributed by atoms with van der Waals surface area (Å²) >= 11 is 0. The molecular formula is C11H17NO2. The molecule has 1 atom stereocenters. The highest BCUT2D eigenvalue weighted by Gasteiger charge is 2.06. The fraction of sp³-hybridized carbons (Fsp3) is 0.455. The quantitative estimate of drug-likeness (QED) is 0.763. The van der Waals surface area contributed by atoms with Crippen LogP contribution in [0.4, 0.5) is 0 Å². The van der Waals surface area contributed by atoms with E-state index in [0.717, 1.165) is 16.9 Å². The Kier molecular flexibility index (Phi) is 3.92. The van der Waals surface area contributed by atoms with Gasteiger partial charge in [0.15, 0.2) is 0 Å². The number of nitrogens with two attached hydrogens (primary N) is 1. The van der Waals surface area contributed by atoms with Crippen molar-refractivity contribution in [3.8, 4) is 5.75 Å². The Morgan fingerprint density at radius 3 is 2.71 bits per heavy atom. The van der Waals surface area contributed by atoms with Crippen molar-refractivity contribution in [1.82, 2.24) is 0 Å². The van der Waals surface area contributed by atoms with Crippen molar-refractivity contribution >= 4 is 0 Å². The molecule has 78 valence electrons. The Balaban J connectivity index is 2.88. The minimum atomic E-state index is -0.302. The lowest BCUT2D eigenvalue weighted by Crippen LogP contribution is -2.14. The Bertz CT molecular complexity index is 299. The number of rotatable bonds is 4. The number of hydrogen-bond donors (Lipinski definition) is 2. The summed E-state index contributed by atoms with van der Waals surface area (Å²) in [6, 6.07) is 5.43. The second-order valence-corrected chi connectivity index (χ2v) is 3.25. The van der Waals surface area contributed by atoms with Crippen LogP contribution in [-0.2, 0) is 0 Å². The molecule has 0 radical (unpaired) electrons. The van der Waals surface area contributed by atoms with Gasteiger partial charge < -0.3 is 15.6 Å². The first-order valence-corrected chi connectivity index (χ1v) is 4.78. The zero-order valence-corrected chi connectivity index (χ0v) is 8.66. The fourth-order valence-electron chi connectivity index (χ4n) is 1.33. The molecule has 0 aliphatic rings. The molecular weight excluding hydrogens is 178 g/mol. The van der Waals surface area contributed by atoms with Crippen LogP contribution in [0.1, 0.15) is 24.1 Å². The van der Waals surface area contributed by atoms with Crippen molar-refractivity contribution in [1.29, 1.82) is 0 Å². The zero-order valence-electron chi connectivity index (χ0n) is 8.66. The molecule has 0 fully saturated rings. The lowest BCUT2D eigenvalue weighted by Gasteiger charge is -2.12. The number of hydrogen-bond acceptors (Lipinski definition) is 3. The van der Waals surface area contributed by atoms with Gasteiger partial charge in [0.05, 0.1) is 19.3 Å². The average Bonchev–Trinajstić information content (AvgIpc) is 2.20. The summed E-state index contributed by atoms with van der Waals surface area (Å²) in [6.07, 6.45) is 0. The first-order valence-electron chi connectivity index (χ1n) is 4.78. The Morgan fingerprint density at radius 1 is 1.50 bits per heavy atom. The minimum Gasteiger partial charge on any atom is -0.494 e. The van der Waals surface area contributed by atoms with Gasteiger partial charge in [-0.15, -0.1) is 0 Å². The third-order valence-electron chi connectivity index (χ3n) is 2.12. The van der Waals surface area contributed by atoms with E-state index in [9.17, 15) is 0 Å². The van der Waals surface area contributed by atoms with E-state index in [4.69, 9.17) is 15.6 Å². The molecule has 14 heavy (non-hydrogen) atoms. The smallest absolute Gasteiger partial charge is 0.122 e. The molecule has 0 aliphatic carbocycles. The van der Waals surface area contributed by atoms with Gasteiger partial charge in [0.1, 0.15) is 5.75 Å². The van der Waals surface area contributed by atoms with Gasteiger partial charge in [-0.1, -0.05) is 12.1 Å². The normalized spacial score (nSPS) is 12.6. The summed E-state index contributed by atoms with van der Waals surface area (Å²) in [5.74, 6) is 0.876. The number of benzene rings is 1. The minimum absolute atomic E-state index is 0.0343. The molecule has 1 rings (SSSR count). The largest absolute Gasteiger partial charge is 0.494 e. The molecule has 0 saturated heterocycles. The van der Waals surface area contributed by atoms with Gasteiger partial charge in [-0.2, -0.15) is 0 Å². The van der Waals surface area contributed by atoms with Crippen LogP contribution in [0.3, 0.4) is 0 Å². The van der Waals surface area contributed by atoms with Crippen molar-refractivity contribution < 1.29 is 9.84 Å². The van der Waals surface area contributed by atoms with Gasteiger partial charge in [0, 0.05) is 0 Å². The molecule has 0 bridgehead atoms. The average molecular weight is 195 g/mol. The van der Waals surface area contributed by atoms with Gasteiger partial charge in [-0.3, -0.25) is 0 Å². The highest BCUT2D eigenvalue weighted by molar-refractivity contribution is 5.37. The maximum Gasteiger partial charge on any atom is 0.122 e. The second-order valence-electron chi connectivity index (χ2n) is 3.25. The van der Waals surface area contributed by atoms with Crippen LogP contribution in [0, 0.1) is 6.92 Å². The summed E-state index contributed by atoms with van der Waals surface area (Å²) in [7, 11) is 0. The Hall–Kier alpha value is -1.06. The van der Waals surface area contributed by atoms with E-state index < -0.39 is 0 Å². The molecule has 0 aromatic heterocycles. The summed E-state index contributed by atoms with van der Waals surface area (Å²) < 4.78 is 5.40. The molecule has 0 aliphatic heterocycles. The van der Waals surface area contributed by atoms with Crippen molar-refractivity contribution in [2.45, 2.75) is 19.9 Å². The second kappa shape index (κ2) is 4.98. The molecule has 0 spiro atoms. The lowest BCUT2D eigenvalue weighted by molar-refractivity contribution is 0.267. The van der Waals surface area contributed by atoms with Crippen LogP contribution >= 0.6 is 0 Å². The van der Waals surface area contributed by atoms with Crippen molar-refractivity contribution in [2.75, 3.05) is 13.2 Å². The third kappa shape index (κ3) is 2.47. The lowest BCUT2D eigenvalue weighted by atomic mass is 10.1. The molecule has 3 heteroatoms. The summed E-state index contributed by atoms with van der Waals surface area (Å²) in [5, 5.41) is 8.90. The van der Waals surface area contributed by atoms with Crippen LogP contribution in [0.2, 0.25) is 0 Å². The van der Waals surface area contributed by atoms with Gasteiger partial charge in [0.25, 0.3) is 0 Å². The summed E-state index contributed by atoms with van der Waals surface area (Å²) in [6.45, 7) is 4.55. The maximum atomic E-state index is 8.90. The topological polar surface area (TPSA) is 55.5 Å². The van der Waals surface area contributed by atoms with E-state index in [1.54, 1.807) is 0 Å². The van der Waals surface area contributed by atoms with Gasteiger partial charge >= 0.3 is 0 Å². The molecule has 1 aromatic rings.